The van der Waals surface area contributed by atoms with Crippen LogP contribution in [0.1, 0.15) is 6.92 Å². The van der Waals surface area contributed by atoms with Gasteiger partial charge in [0, 0.05) is 18.3 Å². The number of halogens is 2. The van der Waals surface area contributed by atoms with Gasteiger partial charge in [-0.1, -0.05) is 0 Å². The van der Waals surface area contributed by atoms with Crippen LogP contribution in [-0.4, -0.2) is 38.5 Å². The van der Waals surface area contributed by atoms with Gasteiger partial charge in [-0.15, -0.1) is 0 Å². The Morgan fingerprint density at radius 1 is 1.53 bits per heavy atom. The lowest BCUT2D eigenvalue weighted by molar-refractivity contribution is 0.0392. The van der Waals surface area contributed by atoms with Gasteiger partial charge < -0.3 is 10.5 Å². The van der Waals surface area contributed by atoms with E-state index >= 15 is 0 Å². The highest BCUT2D eigenvalue weighted by Crippen LogP contribution is 2.29. The van der Waals surface area contributed by atoms with Crippen molar-refractivity contribution in [1.29, 1.82) is 0 Å². The number of benzene rings is 1. The number of morpholine rings is 1. The number of nitrogens with zero attached hydrogens (tertiary/aromatic N) is 1. The maximum atomic E-state index is 14.0. The molecule has 5 nitrogen and oxygen atoms in total. The maximum absolute atomic E-state index is 14.0. The third-order valence-electron chi connectivity index (χ3n) is 2.91. The number of hydrogen-bond donors (Lipinski definition) is 1. The Hall–Kier alpha value is -0.700. The van der Waals surface area contributed by atoms with E-state index in [9.17, 15) is 12.8 Å². The second kappa shape index (κ2) is 5.35. The van der Waals surface area contributed by atoms with Gasteiger partial charge in [0.15, 0.2) is 5.82 Å². The van der Waals surface area contributed by atoms with E-state index in [-0.39, 0.29) is 22.7 Å². The number of sulfonamides is 1. The molecule has 1 aromatic carbocycles. The molecule has 0 unspecified atom stereocenters. The molecule has 0 spiro atoms. The van der Waals surface area contributed by atoms with E-state index in [1.807, 2.05) is 0 Å². The predicted molar refractivity (Wildman–Crippen MR) is 72.7 cm³/mol. The molecule has 19 heavy (non-hydrogen) atoms. The van der Waals surface area contributed by atoms with Crippen molar-refractivity contribution in [3.8, 4) is 0 Å². The highest BCUT2D eigenvalue weighted by Gasteiger charge is 2.34. The Morgan fingerprint density at radius 2 is 2.21 bits per heavy atom. The van der Waals surface area contributed by atoms with Gasteiger partial charge in [0.25, 0.3) is 0 Å². The van der Waals surface area contributed by atoms with Crippen LogP contribution in [0.4, 0.5) is 10.1 Å². The number of hydrogen-bond acceptors (Lipinski definition) is 4. The van der Waals surface area contributed by atoms with Gasteiger partial charge >= 0.3 is 0 Å². The Labute approximate surface area is 119 Å². The van der Waals surface area contributed by atoms with Crippen LogP contribution >= 0.6 is 15.9 Å². The van der Waals surface area contributed by atoms with Crippen LogP contribution in [0, 0.1) is 5.82 Å². The van der Waals surface area contributed by atoms with E-state index in [1.165, 1.54) is 10.4 Å². The van der Waals surface area contributed by atoms with E-state index in [0.29, 0.717) is 13.2 Å². The van der Waals surface area contributed by atoms with Crippen molar-refractivity contribution < 1.29 is 17.5 Å². The maximum Gasteiger partial charge on any atom is 0.246 e. The molecule has 8 heteroatoms. The first-order valence-corrected chi connectivity index (χ1v) is 7.91. The molecule has 2 N–H and O–H groups in total. The van der Waals surface area contributed by atoms with Crippen LogP contribution in [0.2, 0.25) is 0 Å². The smallest absolute Gasteiger partial charge is 0.246 e. The Balaban J connectivity index is 2.50. The minimum atomic E-state index is -3.92. The lowest BCUT2D eigenvalue weighted by Gasteiger charge is -2.32. The summed E-state index contributed by atoms with van der Waals surface area (Å²) in [6.07, 6.45) is 0. The minimum absolute atomic E-state index is 0.0342. The number of rotatable bonds is 2. The highest BCUT2D eigenvalue weighted by atomic mass is 79.9. The van der Waals surface area contributed by atoms with Crippen molar-refractivity contribution in [2.75, 3.05) is 25.5 Å². The lowest BCUT2D eigenvalue weighted by atomic mass is 10.3. The lowest BCUT2D eigenvalue weighted by Crippen LogP contribution is -2.47. The van der Waals surface area contributed by atoms with Crippen molar-refractivity contribution in [1.82, 2.24) is 4.31 Å². The molecule has 1 fully saturated rings. The second-order valence-corrected chi connectivity index (χ2v) is 7.07. The molecule has 2 rings (SSSR count). The van der Waals surface area contributed by atoms with Crippen molar-refractivity contribution in [3.05, 3.63) is 22.4 Å². The quantitative estimate of drug-likeness (QED) is 0.820. The summed E-state index contributed by atoms with van der Waals surface area (Å²) in [5, 5.41) is 0. The van der Waals surface area contributed by atoms with Crippen LogP contribution in [0.15, 0.2) is 21.5 Å². The normalized spacial score (nSPS) is 21.5. The van der Waals surface area contributed by atoms with Crippen LogP contribution in [0.5, 0.6) is 0 Å². The Kier molecular flexibility index (Phi) is 4.14. The Morgan fingerprint density at radius 3 is 2.84 bits per heavy atom. The summed E-state index contributed by atoms with van der Waals surface area (Å²) >= 11 is 2.97. The van der Waals surface area contributed by atoms with Gasteiger partial charge in [-0.2, -0.15) is 4.31 Å². The summed E-state index contributed by atoms with van der Waals surface area (Å²) in [6.45, 7) is 2.52. The molecular formula is C11H14BrFN2O3S. The number of nitrogens with two attached hydrogens (primary N) is 1. The molecule has 0 amide bonds. The monoisotopic (exact) mass is 352 g/mol. The van der Waals surface area contributed by atoms with Gasteiger partial charge in [0.05, 0.1) is 17.7 Å². The molecule has 0 bridgehead atoms. The molecule has 0 aromatic heterocycles. The van der Waals surface area contributed by atoms with Crippen LogP contribution in [0.3, 0.4) is 0 Å². The molecule has 106 valence electrons. The van der Waals surface area contributed by atoms with Gasteiger partial charge in [-0.3, -0.25) is 0 Å². The highest BCUT2D eigenvalue weighted by molar-refractivity contribution is 9.10. The topological polar surface area (TPSA) is 72.6 Å². The molecule has 0 saturated carbocycles. The van der Waals surface area contributed by atoms with Crippen molar-refractivity contribution >= 4 is 31.6 Å². The fourth-order valence-corrected chi connectivity index (χ4v) is 4.30. The molecule has 0 aliphatic carbocycles. The van der Waals surface area contributed by atoms with Gasteiger partial charge in [-0.05, 0) is 35.0 Å². The van der Waals surface area contributed by atoms with Crippen LogP contribution < -0.4 is 5.73 Å². The molecule has 0 radical (unpaired) electrons. The fourth-order valence-electron chi connectivity index (χ4n) is 1.97. The third kappa shape index (κ3) is 2.76. The SMILES string of the molecule is C[C@@H]1COCCN1S(=O)(=O)c1cc(N)cc(Br)c1F. The molecule has 1 aromatic rings. The summed E-state index contributed by atoms with van der Waals surface area (Å²) in [6, 6.07) is 2.13. The van der Waals surface area contributed by atoms with Crippen molar-refractivity contribution in [3.63, 3.8) is 0 Å². The summed E-state index contributed by atoms with van der Waals surface area (Å²) in [5.41, 5.74) is 5.77. The van der Waals surface area contributed by atoms with Crippen LogP contribution in [0.25, 0.3) is 0 Å². The zero-order valence-corrected chi connectivity index (χ0v) is 12.7. The van der Waals surface area contributed by atoms with E-state index < -0.39 is 20.7 Å². The average Bonchev–Trinajstić information content (AvgIpc) is 2.34. The summed E-state index contributed by atoms with van der Waals surface area (Å²) in [7, 11) is -3.92. The van der Waals surface area contributed by atoms with Crippen molar-refractivity contribution in [2.24, 2.45) is 0 Å². The van der Waals surface area contributed by atoms with Gasteiger partial charge in [0.2, 0.25) is 10.0 Å². The first-order valence-electron chi connectivity index (χ1n) is 5.68. The first-order chi connectivity index (χ1) is 8.84. The minimum Gasteiger partial charge on any atom is -0.399 e. The molecule has 1 atom stereocenters. The summed E-state index contributed by atoms with van der Waals surface area (Å²) in [4.78, 5) is -0.409. The zero-order chi connectivity index (χ0) is 14.2. The van der Waals surface area contributed by atoms with Gasteiger partial charge in [0.1, 0.15) is 4.90 Å². The number of nitrogen functional groups attached to an aromatic ring is 1. The molecule has 1 saturated heterocycles. The van der Waals surface area contributed by atoms with E-state index in [4.69, 9.17) is 10.5 Å². The number of anilines is 1. The second-order valence-electron chi connectivity index (χ2n) is 4.35. The van der Waals surface area contributed by atoms with E-state index in [2.05, 4.69) is 15.9 Å². The van der Waals surface area contributed by atoms with Crippen LogP contribution in [-0.2, 0) is 14.8 Å². The summed E-state index contributed by atoms with van der Waals surface area (Å²) < 4.78 is 45.4. The average molecular weight is 353 g/mol. The molecular weight excluding hydrogens is 339 g/mol. The molecule has 1 aliphatic heterocycles. The third-order valence-corrected chi connectivity index (χ3v) is 5.50. The van der Waals surface area contributed by atoms with E-state index in [1.54, 1.807) is 6.92 Å². The number of ether oxygens (including phenoxy) is 1. The standard InChI is InChI=1S/C11H14BrFN2O3S/c1-7-6-18-3-2-15(7)19(16,17)10-5-8(14)4-9(12)11(10)13/h4-5,7H,2-3,6,14H2,1H3/t7-/m1/s1. The Bertz CT molecular complexity index is 594. The van der Waals surface area contributed by atoms with Crippen molar-refractivity contribution in [2.45, 2.75) is 17.9 Å². The fraction of sp³-hybridized carbons (Fsp3) is 0.455. The summed E-state index contributed by atoms with van der Waals surface area (Å²) in [5.74, 6) is -0.826. The molecule has 1 aliphatic rings. The largest absolute Gasteiger partial charge is 0.399 e. The van der Waals surface area contributed by atoms with Gasteiger partial charge in [-0.25, -0.2) is 12.8 Å². The first kappa shape index (κ1) is 14.7. The van der Waals surface area contributed by atoms with E-state index in [0.717, 1.165) is 6.07 Å². The molecule has 1 heterocycles. The zero-order valence-electron chi connectivity index (χ0n) is 10.3. The predicted octanol–water partition coefficient (Wildman–Crippen LogP) is 1.58.